The van der Waals surface area contributed by atoms with Crippen LogP contribution in [0.15, 0.2) is 24.5 Å². The van der Waals surface area contributed by atoms with Crippen LogP contribution in [-0.4, -0.2) is 22.7 Å². The predicted octanol–water partition coefficient (Wildman–Crippen LogP) is 1.43. The largest absolute Gasteiger partial charge is 0.343 e. The molecule has 16 heavy (non-hydrogen) atoms. The monoisotopic (exact) mass is 220 g/mol. The number of pyridine rings is 1. The molecule has 1 atom stereocenters. The van der Waals surface area contributed by atoms with Crippen LogP contribution in [-0.2, 0) is 4.79 Å². The third kappa shape index (κ3) is 3.15. The van der Waals surface area contributed by atoms with E-state index in [4.69, 9.17) is 0 Å². The van der Waals surface area contributed by atoms with Crippen molar-refractivity contribution in [2.24, 2.45) is 5.92 Å². The highest BCUT2D eigenvalue weighted by Gasteiger charge is 2.18. The molecule has 4 nitrogen and oxygen atoms in total. The number of Topliss-reactive ketones (excluding diaryl/α,β-unsaturated/α-hetero) is 1. The van der Waals surface area contributed by atoms with Crippen LogP contribution >= 0.6 is 0 Å². The van der Waals surface area contributed by atoms with Gasteiger partial charge in [-0.2, -0.15) is 0 Å². The van der Waals surface area contributed by atoms with Gasteiger partial charge in [0.05, 0.1) is 6.04 Å². The van der Waals surface area contributed by atoms with Gasteiger partial charge in [-0.1, -0.05) is 13.8 Å². The van der Waals surface area contributed by atoms with E-state index in [0.717, 1.165) is 0 Å². The SMILES string of the molecule is CC(C)C(=O)C(C)NC(=O)c1ccncc1. The van der Waals surface area contributed by atoms with Gasteiger partial charge < -0.3 is 5.32 Å². The molecule has 0 saturated carbocycles. The zero-order chi connectivity index (χ0) is 12.1. The van der Waals surface area contributed by atoms with E-state index in [2.05, 4.69) is 10.3 Å². The number of carbonyl (C=O) groups is 2. The lowest BCUT2D eigenvalue weighted by Crippen LogP contribution is -2.40. The molecule has 0 aromatic carbocycles. The van der Waals surface area contributed by atoms with E-state index >= 15 is 0 Å². The summed E-state index contributed by atoms with van der Waals surface area (Å²) >= 11 is 0. The van der Waals surface area contributed by atoms with Crippen LogP contribution in [0.3, 0.4) is 0 Å². The fourth-order valence-corrected chi connectivity index (χ4v) is 1.35. The zero-order valence-corrected chi connectivity index (χ0v) is 9.73. The van der Waals surface area contributed by atoms with Crippen molar-refractivity contribution in [1.29, 1.82) is 0 Å². The number of aromatic nitrogens is 1. The van der Waals surface area contributed by atoms with E-state index in [-0.39, 0.29) is 17.6 Å². The summed E-state index contributed by atoms with van der Waals surface area (Å²) in [7, 11) is 0. The highest BCUT2D eigenvalue weighted by Crippen LogP contribution is 2.01. The summed E-state index contributed by atoms with van der Waals surface area (Å²) in [4.78, 5) is 27.1. The third-order valence-corrected chi connectivity index (χ3v) is 2.29. The molecule has 1 heterocycles. The van der Waals surface area contributed by atoms with Gasteiger partial charge in [-0.25, -0.2) is 0 Å². The summed E-state index contributed by atoms with van der Waals surface area (Å²) in [6.45, 7) is 5.33. The lowest BCUT2D eigenvalue weighted by atomic mass is 10.0. The zero-order valence-electron chi connectivity index (χ0n) is 9.73. The van der Waals surface area contributed by atoms with Crippen LogP contribution in [0.5, 0.6) is 0 Å². The van der Waals surface area contributed by atoms with Crippen LogP contribution in [0.4, 0.5) is 0 Å². The van der Waals surface area contributed by atoms with Crippen molar-refractivity contribution < 1.29 is 9.59 Å². The molecule has 0 aliphatic carbocycles. The van der Waals surface area contributed by atoms with Crippen molar-refractivity contribution in [2.75, 3.05) is 0 Å². The Labute approximate surface area is 95.1 Å². The molecule has 0 bridgehead atoms. The summed E-state index contributed by atoms with van der Waals surface area (Å²) < 4.78 is 0. The molecule has 1 unspecified atom stereocenters. The number of ketones is 1. The van der Waals surface area contributed by atoms with E-state index in [1.807, 2.05) is 13.8 Å². The van der Waals surface area contributed by atoms with Crippen molar-refractivity contribution in [3.05, 3.63) is 30.1 Å². The van der Waals surface area contributed by atoms with Gasteiger partial charge in [0.1, 0.15) is 0 Å². The van der Waals surface area contributed by atoms with Gasteiger partial charge in [-0.3, -0.25) is 14.6 Å². The van der Waals surface area contributed by atoms with Crippen molar-refractivity contribution in [3.63, 3.8) is 0 Å². The number of hydrogen-bond acceptors (Lipinski definition) is 3. The molecule has 0 saturated heterocycles. The fourth-order valence-electron chi connectivity index (χ4n) is 1.35. The second kappa shape index (κ2) is 5.39. The Morgan fingerprint density at radius 3 is 2.25 bits per heavy atom. The molecule has 0 fully saturated rings. The topological polar surface area (TPSA) is 59.1 Å². The molecule has 1 aromatic rings. The number of hydrogen-bond donors (Lipinski definition) is 1. The van der Waals surface area contributed by atoms with Crippen molar-refractivity contribution in [2.45, 2.75) is 26.8 Å². The maximum absolute atomic E-state index is 11.7. The van der Waals surface area contributed by atoms with Gasteiger partial charge in [0.15, 0.2) is 5.78 Å². The third-order valence-electron chi connectivity index (χ3n) is 2.29. The minimum atomic E-state index is -0.458. The first-order valence-electron chi connectivity index (χ1n) is 5.27. The van der Waals surface area contributed by atoms with Crippen LogP contribution in [0.25, 0.3) is 0 Å². The molecular formula is C12H16N2O2. The van der Waals surface area contributed by atoms with Crippen LogP contribution in [0, 0.1) is 5.92 Å². The summed E-state index contributed by atoms with van der Waals surface area (Å²) in [6, 6.07) is 2.77. The van der Waals surface area contributed by atoms with Crippen molar-refractivity contribution >= 4 is 11.7 Å². The number of carbonyl (C=O) groups excluding carboxylic acids is 2. The molecule has 0 aliphatic rings. The number of nitrogens with one attached hydrogen (secondary N) is 1. The molecule has 1 amide bonds. The van der Waals surface area contributed by atoms with Gasteiger partial charge in [0.2, 0.25) is 0 Å². The van der Waals surface area contributed by atoms with E-state index in [1.165, 1.54) is 0 Å². The lowest BCUT2D eigenvalue weighted by Gasteiger charge is -2.14. The summed E-state index contributed by atoms with van der Waals surface area (Å²) in [6.07, 6.45) is 3.09. The minimum Gasteiger partial charge on any atom is -0.343 e. The smallest absolute Gasteiger partial charge is 0.251 e. The second-order valence-electron chi connectivity index (χ2n) is 3.99. The highest BCUT2D eigenvalue weighted by atomic mass is 16.2. The Morgan fingerprint density at radius 2 is 1.75 bits per heavy atom. The first-order chi connectivity index (χ1) is 7.52. The molecule has 0 spiro atoms. The lowest BCUT2D eigenvalue weighted by molar-refractivity contribution is -0.123. The average molecular weight is 220 g/mol. The normalized spacial score (nSPS) is 12.2. The first kappa shape index (κ1) is 12.4. The molecule has 0 radical (unpaired) electrons. The molecule has 86 valence electrons. The van der Waals surface area contributed by atoms with E-state index in [1.54, 1.807) is 31.5 Å². The van der Waals surface area contributed by atoms with E-state index < -0.39 is 6.04 Å². The Bertz CT molecular complexity index is 374. The van der Waals surface area contributed by atoms with Gasteiger partial charge in [-0.05, 0) is 19.1 Å². The number of rotatable bonds is 4. The number of nitrogens with zero attached hydrogens (tertiary/aromatic N) is 1. The predicted molar refractivity (Wildman–Crippen MR) is 61.0 cm³/mol. The molecule has 1 aromatic heterocycles. The second-order valence-corrected chi connectivity index (χ2v) is 3.99. The Hall–Kier alpha value is -1.71. The number of amides is 1. The van der Waals surface area contributed by atoms with Crippen molar-refractivity contribution in [1.82, 2.24) is 10.3 Å². The van der Waals surface area contributed by atoms with Crippen LogP contribution < -0.4 is 5.32 Å². The fraction of sp³-hybridized carbons (Fsp3) is 0.417. The van der Waals surface area contributed by atoms with Gasteiger partial charge >= 0.3 is 0 Å². The molecule has 1 rings (SSSR count). The maximum atomic E-state index is 11.7. The van der Waals surface area contributed by atoms with Crippen molar-refractivity contribution in [3.8, 4) is 0 Å². The van der Waals surface area contributed by atoms with Crippen LogP contribution in [0.2, 0.25) is 0 Å². The minimum absolute atomic E-state index is 0.0300. The van der Waals surface area contributed by atoms with Crippen LogP contribution in [0.1, 0.15) is 31.1 Å². The Morgan fingerprint density at radius 1 is 1.19 bits per heavy atom. The Balaban J connectivity index is 2.62. The van der Waals surface area contributed by atoms with E-state index in [9.17, 15) is 9.59 Å². The quantitative estimate of drug-likeness (QED) is 0.835. The summed E-state index contributed by atoms with van der Waals surface area (Å²) in [5, 5.41) is 2.66. The Kier molecular flexibility index (Phi) is 4.17. The molecule has 0 aliphatic heterocycles. The molecular weight excluding hydrogens is 204 g/mol. The van der Waals surface area contributed by atoms with Gasteiger partial charge in [0, 0.05) is 23.9 Å². The first-order valence-corrected chi connectivity index (χ1v) is 5.27. The average Bonchev–Trinajstić information content (AvgIpc) is 2.28. The molecule has 1 N–H and O–H groups in total. The highest BCUT2D eigenvalue weighted by molar-refractivity contribution is 5.97. The standard InChI is InChI=1S/C12H16N2O2/c1-8(2)11(15)9(3)14-12(16)10-4-6-13-7-5-10/h4-9H,1-3H3,(H,14,16). The molecule has 4 heteroatoms. The summed E-state index contributed by atoms with van der Waals surface area (Å²) in [5.74, 6) is -0.293. The summed E-state index contributed by atoms with van der Waals surface area (Å²) in [5.41, 5.74) is 0.512. The van der Waals surface area contributed by atoms with Gasteiger partial charge in [-0.15, -0.1) is 0 Å². The van der Waals surface area contributed by atoms with E-state index in [0.29, 0.717) is 5.56 Å². The van der Waals surface area contributed by atoms with Gasteiger partial charge in [0.25, 0.3) is 5.91 Å². The maximum Gasteiger partial charge on any atom is 0.251 e.